The van der Waals surface area contributed by atoms with Crippen molar-refractivity contribution in [2.24, 2.45) is 0 Å². The molecule has 0 spiro atoms. The number of hydrogen-bond acceptors (Lipinski definition) is 4. The number of hydrogen-bond donors (Lipinski definition) is 0. The van der Waals surface area contributed by atoms with Crippen LogP contribution in [0.5, 0.6) is 5.75 Å². The minimum atomic E-state index is -0.271. The minimum absolute atomic E-state index is 0.0246. The second-order valence-corrected chi connectivity index (χ2v) is 6.87. The standard InChI is InChI=1S/C15H16N2O2Se/c18-14(19-12-7-3-1-4-8-12)13-11-16-15(20-13)17-9-5-2-6-10-17/h1,3-4,7-8,11H,2,5-6,9-10H2. The maximum absolute atomic E-state index is 12.1. The van der Waals surface area contributed by atoms with Gasteiger partial charge < -0.3 is 0 Å². The summed E-state index contributed by atoms with van der Waals surface area (Å²) in [5.41, 5.74) is 0. The van der Waals surface area contributed by atoms with Gasteiger partial charge in [0.1, 0.15) is 0 Å². The number of carbonyl (C=O) groups is 1. The van der Waals surface area contributed by atoms with Crippen LogP contribution < -0.4 is 9.64 Å². The summed E-state index contributed by atoms with van der Waals surface area (Å²) in [6, 6.07) is 9.17. The van der Waals surface area contributed by atoms with Crippen LogP contribution in [0.1, 0.15) is 28.5 Å². The summed E-state index contributed by atoms with van der Waals surface area (Å²) >= 11 is -0.0246. The molecule has 0 N–H and O–H groups in total. The average Bonchev–Trinajstić information content (AvgIpc) is 2.99. The van der Waals surface area contributed by atoms with Gasteiger partial charge in [0, 0.05) is 0 Å². The van der Waals surface area contributed by atoms with E-state index < -0.39 is 0 Å². The number of benzene rings is 1. The molecule has 0 atom stereocenters. The Kier molecular flexibility index (Phi) is 4.19. The number of esters is 1. The van der Waals surface area contributed by atoms with Crippen molar-refractivity contribution in [3.05, 3.63) is 41.0 Å². The molecule has 0 saturated carbocycles. The molecule has 1 fully saturated rings. The summed E-state index contributed by atoms with van der Waals surface area (Å²) in [7, 11) is 0. The van der Waals surface area contributed by atoms with Gasteiger partial charge >= 0.3 is 124 Å². The van der Waals surface area contributed by atoms with E-state index in [1.807, 2.05) is 18.2 Å². The van der Waals surface area contributed by atoms with Crippen molar-refractivity contribution in [2.75, 3.05) is 18.0 Å². The second-order valence-electron chi connectivity index (χ2n) is 4.76. The molecule has 20 heavy (non-hydrogen) atoms. The summed E-state index contributed by atoms with van der Waals surface area (Å²) in [6.07, 6.45) is 5.42. The molecule has 1 aliphatic heterocycles. The Bertz CT molecular complexity index is 577. The van der Waals surface area contributed by atoms with Gasteiger partial charge in [-0.2, -0.15) is 0 Å². The van der Waals surface area contributed by atoms with Crippen molar-refractivity contribution < 1.29 is 9.53 Å². The fourth-order valence-electron chi connectivity index (χ4n) is 2.24. The first kappa shape index (κ1) is 13.4. The molecule has 0 amide bonds. The summed E-state index contributed by atoms with van der Waals surface area (Å²) in [5.74, 6) is 0.313. The maximum atomic E-state index is 12.1. The van der Waals surface area contributed by atoms with E-state index in [0.29, 0.717) is 10.2 Å². The molecule has 0 radical (unpaired) electrons. The molecular weight excluding hydrogens is 319 g/mol. The number of piperidine rings is 1. The van der Waals surface area contributed by atoms with Gasteiger partial charge in [0.15, 0.2) is 0 Å². The molecule has 3 rings (SSSR count). The summed E-state index contributed by atoms with van der Waals surface area (Å²) in [5, 5.41) is 0. The third-order valence-electron chi connectivity index (χ3n) is 3.28. The molecule has 2 aromatic rings. The van der Waals surface area contributed by atoms with Crippen LogP contribution in [-0.2, 0) is 0 Å². The van der Waals surface area contributed by atoms with Crippen LogP contribution in [0.2, 0.25) is 0 Å². The van der Waals surface area contributed by atoms with Crippen molar-refractivity contribution in [3.63, 3.8) is 0 Å². The zero-order valence-corrected chi connectivity index (χ0v) is 12.8. The molecule has 1 aromatic heterocycles. The van der Waals surface area contributed by atoms with Gasteiger partial charge in [-0.15, -0.1) is 0 Å². The number of nitrogens with zero attached hydrogens (tertiary/aromatic N) is 2. The van der Waals surface area contributed by atoms with E-state index in [0.717, 1.165) is 17.8 Å². The van der Waals surface area contributed by atoms with E-state index >= 15 is 0 Å². The summed E-state index contributed by atoms with van der Waals surface area (Å²) < 4.78 is 7.11. The van der Waals surface area contributed by atoms with E-state index in [1.54, 1.807) is 18.3 Å². The second kappa shape index (κ2) is 6.25. The third kappa shape index (κ3) is 3.11. The molecule has 0 aliphatic carbocycles. The van der Waals surface area contributed by atoms with E-state index in [9.17, 15) is 4.79 Å². The Morgan fingerprint density at radius 1 is 1.15 bits per heavy atom. The number of rotatable bonds is 3. The van der Waals surface area contributed by atoms with Gasteiger partial charge in [0.05, 0.1) is 0 Å². The van der Waals surface area contributed by atoms with Gasteiger partial charge in [-0.3, -0.25) is 0 Å². The first-order chi connectivity index (χ1) is 9.83. The van der Waals surface area contributed by atoms with Crippen LogP contribution >= 0.6 is 0 Å². The Labute approximate surface area is 124 Å². The van der Waals surface area contributed by atoms with Gasteiger partial charge in [-0.05, 0) is 0 Å². The fourth-order valence-corrected chi connectivity index (χ4v) is 4.01. The molecule has 1 saturated heterocycles. The van der Waals surface area contributed by atoms with Crippen LogP contribution in [0.25, 0.3) is 0 Å². The fraction of sp³-hybridized carbons (Fsp3) is 0.333. The summed E-state index contributed by atoms with van der Waals surface area (Å²) in [4.78, 5) is 18.8. The molecule has 0 unspecified atom stereocenters. The van der Waals surface area contributed by atoms with Gasteiger partial charge in [-0.1, -0.05) is 0 Å². The number of para-hydroxylation sites is 1. The predicted octanol–water partition coefficient (Wildman–Crippen LogP) is 2.35. The molecule has 104 valence electrons. The number of anilines is 1. The SMILES string of the molecule is O=C(Oc1ccccc1)c1cnc(N2CCCCC2)[se]1. The first-order valence-corrected chi connectivity index (χ1v) is 8.52. The Morgan fingerprint density at radius 2 is 1.90 bits per heavy atom. The van der Waals surface area contributed by atoms with Gasteiger partial charge in [0.2, 0.25) is 0 Å². The van der Waals surface area contributed by atoms with Crippen molar-refractivity contribution in [1.29, 1.82) is 0 Å². The quantitative estimate of drug-likeness (QED) is 0.491. The summed E-state index contributed by atoms with van der Waals surface area (Å²) in [6.45, 7) is 2.13. The molecule has 5 heteroatoms. The van der Waals surface area contributed by atoms with E-state index in [4.69, 9.17) is 4.74 Å². The number of carbonyl (C=O) groups excluding carboxylic acids is 1. The molecule has 2 heterocycles. The molecule has 4 nitrogen and oxygen atoms in total. The first-order valence-electron chi connectivity index (χ1n) is 6.81. The molecule has 1 aromatic carbocycles. The Balaban J connectivity index is 1.68. The Hall–Kier alpha value is -1.58. The number of aromatic nitrogens is 1. The van der Waals surface area contributed by atoms with Crippen LogP contribution in [0.4, 0.5) is 4.69 Å². The van der Waals surface area contributed by atoms with Crippen molar-refractivity contribution in [3.8, 4) is 5.75 Å². The zero-order valence-electron chi connectivity index (χ0n) is 11.1. The molecular formula is C15H16N2O2Se. The van der Waals surface area contributed by atoms with Crippen LogP contribution in [0.3, 0.4) is 0 Å². The zero-order chi connectivity index (χ0) is 13.8. The average molecular weight is 335 g/mol. The monoisotopic (exact) mass is 336 g/mol. The van der Waals surface area contributed by atoms with Gasteiger partial charge in [0.25, 0.3) is 0 Å². The van der Waals surface area contributed by atoms with E-state index in [1.165, 1.54) is 19.3 Å². The number of ether oxygens (including phenoxy) is 1. The van der Waals surface area contributed by atoms with Crippen LogP contribution in [0.15, 0.2) is 36.5 Å². The normalized spacial score (nSPS) is 15.1. The van der Waals surface area contributed by atoms with E-state index in [2.05, 4.69) is 9.88 Å². The van der Waals surface area contributed by atoms with E-state index in [-0.39, 0.29) is 20.5 Å². The van der Waals surface area contributed by atoms with Crippen LogP contribution in [0, 0.1) is 0 Å². The molecule has 1 aliphatic rings. The van der Waals surface area contributed by atoms with Crippen molar-refractivity contribution in [1.82, 2.24) is 4.98 Å². The van der Waals surface area contributed by atoms with Gasteiger partial charge in [-0.25, -0.2) is 0 Å². The van der Waals surface area contributed by atoms with Crippen molar-refractivity contribution in [2.45, 2.75) is 19.3 Å². The van der Waals surface area contributed by atoms with Crippen molar-refractivity contribution >= 4 is 25.2 Å². The third-order valence-corrected chi connectivity index (χ3v) is 5.45. The predicted molar refractivity (Wildman–Crippen MR) is 78.6 cm³/mol. The topological polar surface area (TPSA) is 42.4 Å². The molecule has 0 bridgehead atoms. The Morgan fingerprint density at radius 3 is 2.65 bits per heavy atom. The van der Waals surface area contributed by atoms with Crippen LogP contribution in [-0.4, -0.2) is 38.5 Å².